The van der Waals surface area contributed by atoms with Crippen LogP contribution in [0.2, 0.25) is 0 Å². The largest absolute Gasteiger partial charge is 0.275 e. The Kier molecular flexibility index (Phi) is 2.54. The number of fused-ring (bicyclic) bond motifs is 2. The monoisotopic (exact) mass is 273 g/mol. The molecule has 2 aromatic carbocycles. The molecule has 4 heteroatoms. The maximum atomic E-state index is 12.2. The first-order valence-electron chi connectivity index (χ1n) is 6.66. The smallest absolute Gasteiger partial charge is 0.267 e. The third-order valence-electron chi connectivity index (χ3n) is 3.47. The molecule has 0 radical (unpaired) electrons. The molecule has 4 aromatic rings. The summed E-state index contributed by atoms with van der Waals surface area (Å²) >= 11 is 0. The molecule has 2 aromatic heterocycles. The minimum absolute atomic E-state index is 0.184. The molecule has 0 saturated carbocycles. The van der Waals surface area contributed by atoms with Gasteiger partial charge in [0.05, 0.1) is 22.7 Å². The number of aromatic nitrogens is 3. The Morgan fingerprint density at radius 2 is 1.57 bits per heavy atom. The van der Waals surface area contributed by atoms with Crippen molar-refractivity contribution in [2.45, 2.75) is 0 Å². The van der Waals surface area contributed by atoms with E-state index in [9.17, 15) is 4.79 Å². The van der Waals surface area contributed by atoms with E-state index in [1.807, 2.05) is 60.7 Å². The first-order chi connectivity index (χ1) is 10.3. The van der Waals surface area contributed by atoms with E-state index in [2.05, 4.69) is 9.97 Å². The second kappa shape index (κ2) is 4.52. The van der Waals surface area contributed by atoms with Gasteiger partial charge in [-0.25, -0.2) is 9.97 Å². The molecule has 0 amide bonds. The molecule has 0 bridgehead atoms. The Hall–Kier alpha value is -3.01. The number of para-hydroxylation sites is 3. The van der Waals surface area contributed by atoms with E-state index in [-0.39, 0.29) is 5.56 Å². The topological polar surface area (TPSA) is 47.8 Å². The second-order valence-corrected chi connectivity index (χ2v) is 4.78. The number of rotatable bonds is 1. The van der Waals surface area contributed by atoms with Crippen molar-refractivity contribution in [2.24, 2.45) is 0 Å². The fraction of sp³-hybridized carbons (Fsp3) is 0. The lowest BCUT2D eigenvalue weighted by Gasteiger charge is -2.09. The van der Waals surface area contributed by atoms with Gasteiger partial charge < -0.3 is 0 Å². The summed E-state index contributed by atoms with van der Waals surface area (Å²) in [5.41, 5.74) is 2.21. The number of hydrogen-bond acceptors (Lipinski definition) is 3. The fourth-order valence-electron chi connectivity index (χ4n) is 2.48. The van der Waals surface area contributed by atoms with Crippen LogP contribution in [-0.2, 0) is 0 Å². The van der Waals surface area contributed by atoms with Crippen molar-refractivity contribution < 1.29 is 0 Å². The van der Waals surface area contributed by atoms with Crippen LogP contribution in [0.1, 0.15) is 0 Å². The average molecular weight is 273 g/mol. The highest BCUT2D eigenvalue weighted by atomic mass is 16.1. The minimum Gasteiger partial charge on any atom is -0.267 e. The third kappa shape index (κ3) is 1.89. The van der Waals surface area contributed by atoms with Crippen LogP contribution in [0, 0.1) is 0 Å². The molecule has 0 aliphatic rings. The number of benzene rings is 2. The summed E-state index contributed by atoms with van der Waals surface area (Å²) in [7, 11) is 0. The van der Waals surface area contributed by atoms with Crippen LogP contribution < -0.4 is 5.56 Å². The van der Waals surface area contributed by atoms with Crippen molar-refractivity contribution in [3.63, 3.8) is 0 Å². The van der Waals surface area contributed by atoms with Crippen molar-refractivity contribution in [1.29, 1.82) is 0 Å². The van der Waals surface area contributed by atoms with Gasteiger partial charge in [-0.2, -0.15) is 0 Å². The van der Waals surface area contributed by atoms with Crippen LogP contribution in [0.5, 0.6) is 0 Å². The van der Waals surface area contributed by atoms with E-state index >= 15 is 0 Å². The fourth-order valence-corrected chi connectivity index (χ4v) is 2.48. The molecule has 0 aliphatic carbocycles. The van der Waals surface area contributed by atoms with Gasteiger partial charge in [-0.05, 0) is 30.3 Å². The van der Waals surface area contributed by atoms with Crippen molar-refractivity contribution in [3.8, 4) is 5.82 Å². The highest BCUT2D eigenvalue weighted by Crippen LogP contribution is 2.16. The molecule has 0 unspecified atom stereocenters. The molecule has 0 atom stereocenters. The molecule has 0 spiro atoms. The summed E-state index contributed by atoms with van der Waals surface area (Å²) in [6.45, 7) is 0. The van der Waals surface area contributed by atoms with Gasteiger partial charge >= 0.3 is 0 Å². The summed E-state index contributed by atoms with van der Waals surface area (Å²) in [4.78, 5) is 21.0. The lowest BCUT2D eigenvalue weighted by molar-refractivity contribution is 0.977. The molecule has 2 heterocycles. The van der Waals surface area contributed by atoms with Crippen LogP contribution in [0.25, 0.3) is 27.8 Å². The predicted octanol–water partition coefficient (Wildman–Crippen LogP) is 2.93. The van der Waals surface area contributed by atoms with Gasteiger partial charge in [0.25, 0.3) is 5.56 Å². The molecular weight excluding hydrogens is 262 g/mol. The average Bonchev–Trinajstić information content (AvgIpc) is 2.54. The molecule has 0 saturated heterocycles. The Balaban J connectivity index is 2.08. The quantitative estimate of drug-likeness (QED) is 0.535. The molecule has 21 heavy (non-hydrogen) atoms. The first-order valence-corrected chi connectivity index (χ1v) is 6.66. The lowest BCUT2D eigenvalue weighted by Crippen LogP contribution is -2.19. The predicted molar refractivity (Wildman–Crippen MR) is 82.6 cm³/mol. The van der Waals surface area contributed by atoms with Gasteiger partial charge in [0.1, 0.15) is 5.82 Å². The summed E-state index contributed by atoms with van der Waals surface area (Å²) in [6.07, 6.45) is 1.33. The molecule has 4 nitrogen and oxygen atoms in total. The SMILES string of the molecule is O=c1cnc2ccccc2n1-c1ccc2ccccc2n1. The summed E-state index contributed by atoms with van der Waals surface area (Å²) in [6, 6.07) is 19.2. The number of nitrogens with zero attached hydrogens (tertiary/aromatic N) is 3. The lowest BCUT2D eigenvalue weighted by atomic mass is 10.2. The van der Waals surface area contributed by atoms with E-state index in [0.29, 0.717) is 5.82 Å². The highest BCUT2D eigenvalue weighted by molar-refractivity contribution is 5.80. The molecule has 0 N–H and O–H groups in total. The highest BCUT2D eigenvalue weighted by Gasteiger charge is 2.07. The van der Waals surface area contributed by atoms with Crippen LogP contribution in [-0.4, -0.2) is 14.5 Å². The van der Waals surface area contributed by atoms with Gasteiger partial charge in [0.2, 0.25) is 0 Å². The first kappa shape index (κ1) is 11.8. The van der Waals surface area contributed by atoms with Crippen molar-refractivity contribution in [1.82, 2.24) is 14.5 Å². The zero-order valence-electron chi connectivity index (χ0n) is 11.1. The Morgan fingerprint density at radius 1 is 0.810 bits per heavy atom. The molecule has 4 rings (SSSR count). The van der Waals surface area contributed by atoms with E-state index in [4.69, 9.17) is 0 Å². The standard InChI is InChI=1S/C17H11N3O/c21-17-11-18-14-7-3-4-8-15(14)20(17)16-10-9-12-5-1-2-6-13(12)19-16/h1-11H. The van der Waals surface area contributed by atoms with E-state index in [1.165, 1.54) is 6.20 Å². The zero-order valence-corrected chi connectivity index (χ0v) is 11.1. The summed E-state index contributed by atoms with van der Waals surface area (Å²) in [5, 5.41) is 1.05. The van der Waals surface area contributed by atoms with Crippen LogP contribution in [0.4, 0.5) is 0 Å². The number of hydrogen-bond donors (Lipinski definition) is 0. The van der Waals surface area contributed by atoms with E-state index < -0.39 is 0 Å². The molecule has 0 aliphatic heterocycles. The van der Waals surface area contributed by atoms with Crippen LogP contribution in [0.3, 0.4) is 0 Å². The van der Waals surface area contributed by atoms with E-state index in [0.717, 1.165) is 21.9 Å². The number of pyridine rings is 1. The zero-order chi connectivity index (χ0) is 14.2. The molecule has 100 valence electrons. The third-order valence-corrected chi connectivity index (χ3v) is 3.47. The van der Waals surface area contributed by atoms with Crippen molar-refractivity contribution in [3.05, 3.63) is 77.2 Å². The Morgan fingerprint density at radius 3 is 2.48 bits per heavy atom. The van der Waals surface area contributed by atoms with Gasteiger partial charge in [-0.1, -0.05) is 30.3 Å². The van der Waals surface area contributed by atoms with Crippen LogP contribution >= 0.6 is 0 Å². The van der Waals surface area contributed by atoms with Crippen molar-refractivity contribution in [2.75, 3.05) is 0 Å². The Labute approximate surface area is 120 Å². The van der Waals surface area contributed by atoms with Gasteiger partial charge in [-0.15, -0.1) is 0 Å². The maximum Gasteiger partial charge on any atom is 0.275 e. The second-order valence-electron chi connectivity index (χ2n) is 4.78. The summed E-state index contributed by atoms with van der Waals surface area (Å²) < 4.78 is 1.59. The minimum atomic E-state index is -0.184. The van der Waals surface area contributed by atoms with Crippen LogP contribution in [0.15, 0.2) is 71.7 Å². The molecule has 0 fully saturated rings. The molecular formula is C17H11N3O. The Bertz CT molecular complexity index is 1020. The van der Waals surface area contributed by atoms with Gasteiger partial charge in [0.15, 0.2) is 0 Å². The summed E-state index contributed by atoms with van der Waals surface area (Å²) in [5.74, 6) is 0.609. The van der Waals surface area contributed by atoms with E-state index in [1.54, 1.807) is 4.57 Å². The van der Waals surface area contributed by atoms with Gasteiger partial charge in [-0.3, -0.25) is 9.36 Å². The maximum absolute atomic E-state index is 12.2. The van der Waals surface area contributed by atoms with Gasteiger partial charge in [0, 0.05) is 5.39 Å². The van der Waals surface area contributed by atoms with Crippen molar-refractivity contribution >= 4 is 21.9 Å². The normalized spacial score (nSPS) is 11.0.